The summed E-state index contributed by atoms with van der Waals surface area (Å²) in [6.45, 7) is 9.86. The van der Waals surface area contributed by atoms with Gasteiger partial charge in [-0.3, -0.25) is 4.99 Å². The van der Waals surface area contributed by atoms with Crippen molar-refractivity contribution in [1.29, 1.82) is 0 Å². The van der Waals surface area contributed by atoms with Gasteiger partial charge in [0.1, 0.15) is 11.4 Å². The maximum Gasteiger partial charge on any atom is 0.410 e. The Labute approximate surface area is 165 Å². The summed E-state index contributed by atoms with van der Waals surface area (Å²) >= 11 is 0. The first-order valence-electron chi connectivity index (χ1n) is 9.84. The van der Waals surface area contributed by atoms with Crippen LogP contribution in [-0.4, -0.2) is 72.8 Å². The number of aliphatic imine (C=N–C) groups is 1. The summed E-state index contributed by atoms with van der Waals surface area (Å²) in [4.78, 5) is 20.9. The maximum absolute atomic E-state index is 13.2. The van der Waals surface area contributed by atoms with Gasteiger partial charge in [0.25, 0.3) is 0 Å². The highest BCUT2D eigenvalue weighted by Crippen LogP contribution is 2.18. The number of guanidine groups is 1. The molecule has 2 heterocycles. The molecule has 28 heavy (non-hydrogen) atoms. The van der Waals surface area contributed by atoms with Gasteiger partial charge in [0.05, 0.1) is 12.6 Å². The molecule has 1 unspecified atom stereocenters. The monoisotopic (exact) mass is 391 g/mol. The molecule has 154 valence electrons. The van der Waals surface area contributed by atoms with Gasteiger partial charge in [0.2, 0.25) is 0 Å². The summed E-state index contributed by atoms with van der Waals surface area (Å²) in [5.74, 6) is 0.666. The van der Waals surface area contributed by atoms with Gasteiger partial charge >= 0.3 is 6.09 Å². The molecule has 0 spiro atoms. The number of fused-ring (bicyclic) bond motifs is 1. The van der Waals surface area contributed by atoms with Gasteiger partial charge in [-0.05, 0) is 45.4 Å². The second kappa shape index (κ2) is 8.67. The van der Waals surface area contributed by atoms with Crippen LogP contribution in [0.2, 0.25) is 0 Å². The number of benzene rings is 1. The Balaban J connectivity index is 1.37. The van der Waals surface area contributed by atoms with E-state index in [0.29, 0.717) is 19.6 Å². The summed E-state index contributed by atoms with van der Waals surface area (Å²) < 4.78 is 18.6. The lowest BCUT2D eigenvalue weighted by Gasteiger charge is -2.39. The Kier molecular flexibility index (Phi) is 6.26. The topological polar surface area (TPSA) is 69.2 Å². The highest BCUT2D eigenvalue weighted by Gasteiger charge is 2.36. The van der Waals surface area contributed by atoms with E-state index in [4.69, 9.17) is 4.74 Å². The van der Waals surface area contributed by atoms with Crippen molar-refractivity contribution in [2.24, 2.45) is 4.99 Å². The highest BCUT2D eigenvalue weighted by atomic mass is 19.1. The first kappa shape index (κ1) is 20.2. The first-order chi connectivity index (χ1) is 13.3. The SMILES string of the molecule is CC(C)(C)OC(=O)N1CCN2C(NCCCNc3cccc(F)c3)=NCC2C1. The van der Waals surface area contributed by atoms with Gasteiger partial charge in [-0.25, -0.2) is 9.18 Å². The molecule has 2 aliphatic rings. The average Bonchev–Trinajstić information content (AvgIpc) is 3.02. The number of hydrogen-bond donors (Lipinski definition) is 2. The molecule has 3 rings (SSSR count). The van der Waals surface area contributed by atoms with Crippen molar-refractivity contribution < 1.29 is 13.9 Å². The Hall–Kier alpha value is -2.51. The zero-order chi connectivity index (χ0) is 20.1. The Morgan fingerprint density at radius 3 is 2.82 bits per heavy atom. The van der Waals surface area contributed by atoms with E-state index in [1.165, 1.54) is 12.1 Å². The normalized spacial score (nSPS) is 19.1. The van der Waals surface area contributed by atoms with Crippen LogP contribution in [-0.2, 0) is 4.74 Å². The van der Waals surface area contributed by atoms with Crippen molar-refractivity contribution >= 4 is 17.7 Å². The summed E-state index contributed by atoms with van der Waals surface area (Å²) in [5, 5.41) is 6.60. The lowest BCUT2D eigenvalue weighted by molar-refractivity contribution is 0.0137. The predicted molar refractivity (Wildman–Crippen MR) is 108 cm³/mol. The van der Waals surface area contributed by atoms with Gasteiger partial charge in [-0.1, -0.05) is 6.07 Å². The number of carbonyl (C=O) groups excluding carboxylic acids is 1. The van der Waals surface area contributed by atoms with Crippen molar-refractivity contribution in [3.05, 3.63) is 30.1 Å². The molecule has 0 aliphatic carbocycles. The van der Waals surface area contributed by atoms with E-state index in [1.54, 1.807) is 11.0 Å². The van der Waals surface area contributed by atoms with Gasteiger partial charge < -0.3 is 25.2 Å². The molecule has 0 saturated carbocycles. The van der Waals surface area contributed by atoms with Gasteiger partial charge in [0.15, 0.2) is 5.96 Å². The van der Waals surface area contributed by atoms with Crippen molar-refractivity contribution in [1.82, 2.24) is 15.1 Å². The van der Waals surface area contributed by atoms with Crippen LogP contribution in [0.1, 0.15) is 27.2 Å². The van der Waals surface area contributed by atoms with Gasteiger partial charge in [0, 0.05) is 38.4 Å². The molecule has 0 aromatic heterocycles. The fourth-order valence-electron chi connectivity index (χ4n) is 3.34. The van der Waals surface area contributed by atoms with Crippen LogP contribution < -0.4 is 10.6 Å². The second-order valence-electron chi connectivity index (χ2n) is 8.16. The zero-order valence-electron chi connectivity index (χ0n) is 16.9. The number of ether oxygens (including phenoxy) is 1. The summed E-state index contributed by atoms with van der Waals surface area (Å²) in [7, 11) is 0. The standard InChI is InChI=1S/C20H30FN5O2/c1-20(2,3)28-19(27)25-10-11-26-17(14-25)13-24-18(26)23-9-5-8-22-16-7-4-6-15(21)12-16/h4,6-7,12,17,22H,5,8-11,13-14H2,1-3H3,(H,23,24). The Morgan fingerprint density at radius 2 is 2.07 bits per heavy atom. The molecular weight excluding hydrogens is 361 g/mol. The summed E-state index contributed by atoms with van der Waals surface area (Å²) in [6, 6.07) is 6.67. The molecule has 8 heteroatoms. The molecule has 0 bridgehead atoms. The first-order valence-corrected chi connectivity index (χ1v) is 9.84. The third kappa shape index (κ3) is 5.50. The highest BCUT2D eigenvalue weighted by molar-refractivity contribution is 5.82. The molecule has 2 N–H and O–H groups in total. The molecule has 1 amide bonds. The van der Waals surface area contributed by atoms with Crippen molar-refractivity contribution in [2.45, 2.75) is 38.8 Å². The van der Waals surface area contributed by atoms with Crippen LogP contribution in [0.5, 0.6) is 0 Å². The minimum absolute atomic E-state index is 0.203. The van der Waals surface area contributed by atoms with Crippen molar-refractivity contribution in [2.75, 3.05) is 44.6 Å². The average molecular weight is 391 g/mol. The summed E-state index contributed by atoms with van der Waals surface area (Å²) in [6.07, 6.45) is 0.634. The number of nitrogens with one attached hydrogen (secondary N) is 2. The fourth-order valence-corrected chi connectivity index (χ4v) is 3.34. The molecule has 0 radical (unpaired) electrons. The third-order valence-corrected chi connectivity index (χ3v) is 4.65. The van der Waals surface area contributed by atoms with Crippen LogP contribution in [0.4, 0.5) is 14.9 Å². The smallest absolute Gasteiger partial charge is 0.410 e. The van der Waals surface area contributed by atoms with Gasteiger partial charge in [-0.15, -0.1) is 0 Å². The largest absolute Gasteiger partial charge is 0.444 e. The number of nitrogens with zero attached hydrogens (tertiary/aromatic N) is 3. The molecule has 2 aliphatic heterocycles. The van der Waals surface area contributed by atoms with Gasteiger partial charge in [-0.2, -0.15) is 0 Å². The van der Waals surface area contributed by atoms with E-state index < -0.39 is 5.60 Å². The van der Waals surface area contributed by atoms with E-state index in [1.807, 2.05) is 26.8 Å². The predicted octanol–water partition coefficient (Wildman–Crippen LogP) is 2.51. The fraction of sp³-hybridized carbons (Fsp3) is 0.600. The number of hydrogen-bond acceptors (Lipinski definition) is 6. The maximum atomic E-state index is 13.2. The molecule has 7 nitrogen and oxygen atoms in total. The van der Waals surface area contributed by atoms with E-state index in [-0.39, 0.29) is 18.0 Å². The number of rotatable bonds is 5. The van der Waals surface area contributed by atoms with E-state index in [2.05, 4.69) is 20.5 Å². The van der Waals surface area contributed by atoms with Crippen LogP contribution >= 0.6 is 0 Å². The molecule has 1 fully saturated rings. The molecule has 1 aromatic carbocycles. The Morgan fingerprint density at radius 1 is 1.29 bits per heavy atom. The molecular formula is C20H30FN5O2. The van der Waals surface area contributed by atoms with Crippen molar-refractivity contribution in [3.63, 3.8) is 0 Å². The number of anilines is 1. The second-order valence-corrected chi connectivity index (χ2v) is 8.16. The van der Waals surface area contributed by atoms with E-state index >= 15 is 0 Å². The lowest BCUT2D eigenvalue weighted by atomic mass is 10.2. The number of amides is 1. The molecule has 1 saturated heterocycles. The summed E-state index contributed by atoms with van der Waals surface area (Å²) in [5.41, 5.74) is 0.309. The quantitative estimate of drug-likeness (QED) is 0.755. The minimum atomic E-state index is -0.480. The number of piperazine rings is 1. The molecule has 1 aromatic rings. The minimum Gasteiger partial charge on any atom is -0.444 e. The number of halogens is 1. The zero-order valence-corrected chi connectivity index (χ0v) is 16.9. The van der Waals surface area contributed by atoms with Crippen molar-refractivity contribution in [3.8, 4) is 0 Å². The molecule has 1 atom stereocenters. The third-order valence-electron chi connectivity index (χ3n) is 4.65. The lowest BCUT2D eigenvalue weighted by Crippen LogP contribution is -2.57. The Bertz CT molecular complexity index is 719. The van der Waals surface area contributed by atoms with Crippen LogP contribution in [0.3, 0.4) is 0 Å². The van der Waals surface area contributed by atoms with Crippen LogP contribution in [0.15, 0.2) is 29.3 Å². The van der Waals surface area contributed by atoms with Crippen LogP contribution in [0.25, 0.3) is 0 Å². The van der Waals surface area contributed by atoms with E-state index in [9.17, 15) is 9.18 Å². The van der Waals surface area contributed by atoms with E-state index in [0.717, 1.165) is 37.7 Å². The van der Waals surface area contributed by atoms with Crippen LogP contribution in [0, 0.1) is 5.82 Å². The number of carbonyl (C=O) groups is 1.